The van der Waals surface area contributed by atoms with E-state index in [0.717, 1.165) is 11.3 Å². The van der Waals surface area contributed by atoms with Crippen LogP contribution in [0.3, 0.4) is 0 Å². The Morgan fingerprint density at radius 2 is 2.12 bits per heavy atom. The second-order valence-corrected chi connectivity index (χ2v) is 5.68. The summed E-state index contributed by atoms with van der Waals surface area (Å²) in [4.78, 5) is 0. The van der Waals surface area contributed by atoms with Crippen LogP contribution in [-0.4, -0.2) is 18.1 Å². The smallest absolute Gasteiger partial charge is 0.137 e. The van der Waals surface area contributed by atoms with Crippen LogP contribution >= 0.6 is 27.7 Å². The molecule has 1 aromatic carbocycles. The van der Waals surface area contributed by atoms with Crippen LogP contribution in [0.2, 0.25) is 0 Å². The Labute approximate surface area is 109 Å². The molecule has 0 heterocycles. The lowest BCUT2D eigenvalue weighted by Gasteiger charge is -2.19. The summed E-state index contributed by atoms with van der Waals surface area (Å²) in [5, 5.41) is 3.44. The van der Waals surface area contributed by atoms with E-state index in [-0.39, 0.29) is 11.9 Å². The van der Waals surface area contributed by atoms with E-state index in [0.29, 0.717) is 10.5 Å². The van der Waals surface area contributed by atoms with Gasteiger partial charge in [-0.1, -0.05) is 6.07 Å². The summed E-state index contributed by atoms with van der Waals surface area (Å²) < 4.78 is 13.9. The lowest BCUT2D eigenvalue weighted by Crippen LogP contribution is -2.30. The molecule has 0 spiro atoms. The maximum absolute atomic E-state index is 13.3. The first-order chi connectivity index (χ1) is 7.54. The van der Waals surface area contributed by atoms with Crippen LogP contribution in [0.4, 0.5) is 4.39 Å². The molecule has 0 aromatic heterocycles. The van der Waals surface area contributed by atoms with Crippen molar-refractivity contribution in [2.75, 3.05) is 12.0 Å². The lowest BCUT2D eigenvalue weighted by atomic mass is 10.1. The Morgan fingerprint density at radius 1 is 1.44 bits per heavy atom. The van der Waals surface area contributed by atoms with Crippen molar-refractivity contribution < 1.29 is 4.39 Å². The third-order valence-corrected chi connectivity index (χ3v) is 3.87. The topological polar surface area (TPSA) is 12.0 Å². The third-order valence-electron chi connectivity index (χ3n) is 2.39. The zero-order valence-electron chi connectivity index (χ0n) is 9.76. The average Bonchev–Trinajstić information content (AvgIpc) is 2.22. The van der Waals surface area contributed by atoms with E-state index in [9.17, 15) is 4.39 Å². The zero-order chi connectivity index (χ0) is 12.1. The molecule has 0 bridgehead atoms. The van der Waals surface area contributed by atoms with Gasteiger partial charge in [0.15, 0.2) is 0 Å². The molecule has 0 saturated heterocycles. The molecule has 0 saturated carbocycles. The van der Waals surface area contributed by atoms with Crippen LogP contribution in [0.5, 0.6) is 0 Å². The molecular formula is C12H17BrFNS. The highest BCUT2D eigenvalue weighted by molar-refractivity contribution is 9.10. The van der Waals surface area contributed by atoms with Crippen LogP contribution < -0.4 is 5.32 Å². The van der Waals surface area contributed by atoms with Gasteiger partial charge in [0.1, 0.15) is 5.82 Å². The van der Waals surface area contributed by atoms with E-state index < -0.39 is 0 Å². The number of thioether (sulfide) groups is 1. The summed E-state index contributed by atoms with van der Waals surface area (Å²) in [5.74, 6) is 0.854. The van der Waals surface area contributed by atoms with Crippen molar-refractivity contribution in [3.63, 3.8) is 0 Å². The first-order valence-corrected chi connectivity index (χ1v) is 7.43. The monoisotopic (exact) mass is 305 g/mol. The maximum Gasteiger partial charge on any atom is 0.137 e. The minimum atomic E-state index is -0.205. The second kappa shape index (κ2) is 6.62. The number of hydrogen-bond donors (Lipinski definition) is 1. The highest BCUT2D eigenvalue weighted by atomic mass is 79.9. The Bertz CT molecular complexity index is 346. The van der Waals surface area contributed by atoms with E-state index in [1.54, 1.807) is 12.1 Å². The number of halogens is 2. The minimum absolute atomic E-state index is 0.171. The molecule has 0 radical (unpaired) electrons. The molecule has 1 N–H and O–H groups in total. The van der Waals surface area contributed by atoms with Crippen molar-refractivity contribution in [2.24, 2.45) is 0 Å². The molecule has 1 nitrogen and oxygen atoms in total. The third kappa shape index (κ3) is 4.07. The van der Waals surface area contributed by atoms with Gasteiger partial charge >= 0.3 is 0 Å². The van der Waals surface area contributed by atoms with Gasteiger partial charge in [0.2, 0.25) is 0 Å². The molecule has 1 rings (SSSR count). The Kier molecular flexibility index (Phi) is 5.79. The van der Waals surface area contributed by atoms with Crippen LogP contribution in [0.15, 0.2) is 22.7 Å². The van der Waals surface area contributed by atoms with E-state index in [2.05, 4.69) is 41.3 Å². The predicted octanol–water partition coefficient (Wildman–Crippen LogP) is 3.99. The molecule has 0 aliphatic rings. The molecule has 2 unspecified atom stereocenters. The number of nitrogens with one attached hydrogen (secondary N) is 1. The van der Waals surface area contributed by atoms with Crippen LogP contribution in [0.25, 0.3) is 0 Å². The van der Waals surface area contributed by atoms with Gasteiger partial charge in [-0.05, 0) is 53.7 Å². The molecule has 0 amide bonds. The van der Waals surface area contributed by atoms with Gasteiger partial charge in [-0.25, -0.2) is 4.39 Å². The molecule has 0 aliphatic heterocycles. The lowest BCUT2D eigenvalue weighted by molar-refractivity contribution is 0.507. The number of rotatable bonds is 5. The van der Waals surface area contributed by atoms with Crippen molar-refractivity contribution in [1.29, 1.82) is 0 Å². The van der Waals surface area contributed by atoms with Crippen molar-refractivity contribution in [2.45, 2.75) is 25.9 Å². The summed E-state index contributed by atoms with van der Waals surface area (Å²) in [7, 11) is 0. The first-order valence-electron chi connectivity index (χ1n) is 5.24. The molecule has 4 heteroatoms. The van der Waals surface area contributed by atoms with E-state index in [1.165, 1.54) is 0 Å². The van der Waals surface area contributed by atoms with Crippen molar-refractivity contribution in [3.05, 3.63) is 34.1 Å². The number of benzene rings is 1. The van der Waals surface area contributed by atoms with Crippen molar-refractivity contribution >= 4 is 27.7 Å². The SMILES string of the molecule is CSCC(C)NC(C)c1ccc(Br)c(F)c1. The fourth-order valence-corrected chi connectivity index (χ4v) is 2.45. The summed E-state index contributed by atoms with van der Waals surface area (Å²) >= 11 is 4.96. The van der Waals surface area contributed by atoms with Gasteiger partial charge in [-0.3, -0.25) is 0 Å². The van der Waals surface area contributed by atoms with E-state index in [1.807, 2.05) is 17.8 Å². The molecule has 90 valence electrons. The molecule has 0 fully saturated rings. The van der Waals surface area contributed by atoms with Gasteiger partial charge in [0.25, 0.3) is 0 Å². The highest BCUT2D eigenvalue weighted by Crippen LogP contribution is 2.21. The fraction of sp³-hybridized carbons (Fsp3) is 0.500. The molecule has 0 aliphatic carbocycles. The van der Waals surface area contributed by atoms with Crippen LogP contribution in [0.1, 0.15) is 25.5 Å². The van der Waals surface area contributed by atoms with Crippen LogP contribution in [0, 0.1) is 5.82 Å². The van der Waals surface area contributed by atoms with E-state index >= 15 is 0 Å². The molecule has 2 atom stereocenters. The largest absolute Gasteiger partial charge is 0.307 e. The quantitative estimate of drug-likeness (QED) is 0.883. The normalized spacial score (nSPS) is 14.8. The number of hydrogen-bond acceptors (Lipinski definition) is 2. The fourth-order valence-electron chi connectivity index (χ4n) is 1.60. The predicted molar refractivity (Wildman–Crippen MR) is 73.5 cm³/mol. The summed E-state index contributed by atoms with van der Waals surface area (Å²) in [6.45, 7) is 4.20. The Morgan fingerprint density at radius 3 is 2.69 bits per heavy atom. The zero-order valence-corrected chi connectivity index (χ0v) is 12.2. The van der Waals surface area contributed by atoms with Gasteiger partial charge in [0, 0.05) is 17.8 Å². The average molecular weight is 306 g/mol. The van der Waals surface area contributed by atoms with Gasteiger partial charge < -0.3 is 5.32 Å². The summed E-state index contributed by atoms with van der Waals surface area (Å²) in [5.41, 5.74) is 0.980. The minimum Gasteiger partial charge on any atom is -0.307 e. The first kappa shape index (κ1) is 14.0. The van der Waals surface area contributed by atoms with Crippen LogP contribution in [-0.2, 0) is 0 Å². The van der Waals surface area contributed by atoms with Gasteiger partial charge in [0.05, 0.1) is 4.47 Å². The van der Waals surface area contributed by atoms with Crippen molar-refractivity contribution in [1.82, 2.24) is 5.32 Å². The van der Waals surface area contributed by atoms with Crippen molar-refractivity contribution in [3.8, 4) is 0 Å². The Balaban J connectivity index is 2.65. The maximum atomic E-state index is 13.3. The standard InChI is InChI=1S/C12H17BrFNS/c1-8(7-16-3)15-9(2)10-4-5-11(13)12(14)6-10/h4-6,8-9,15H,7H2,1-3H3. The molecule has 1 aromatic rings. The highest BCUT2D eigenvalue weighted by Gasteiger charge is 2.10. The van der Waals surface area contributed by atoms with E-state index in [4.69, 9.17) is 0 Å². The Hall–Kier alpha value is -0.0600. The molecular weight excluding hydrogens is 289 g/mol. The summed E-state index contributed by atoms with van der Waals surface area (Å²) in [6, 6.07) is 5.87. The molecule has 16 heavy (non-hydrogen) atoms. The van der Waals surface area contributed by atoms with Gasteiger partial charge in [-0.2, -0.15) is 11.8 Å². The van der Waals surface area contributed by atoms with Gasteiger partial charge in [-0.15, -0.1) is 0 Å². The summed E-state index contributed by atoms with van der Waals surface area (Å²) in [6.07, 6.45) is 2.09. The second-order valence-electron chi connectivity index (χ2n) is 3.92.